The van der Waals surface area contributed by atoms with Crippen molar-refractivity contribution in [3.63, 3.8) is 0 Å². The van der Waals surface area contributed by atoms with Crippen LogP contribution in [0.1, 0.15) is 11.3 Å². The van der Waals surface area contributed by atoms with E-state index in [9.17, 15) is 0 Å². The van der Waals surface area contributed by atoms with Crippen molar-refractivity contribution in [3.8, 4) is 5.75 Å². The van der Waals surface area contributed by atoms with Gasteiger partial charge in [-0.15, -0.1) is 0 Å². The van der Waals surface area contributed by atoms with E-state index in [-0.39, 0.29) is 0 Å². The van der Waals surface area contributed by atoms with Gasteiger partial charge < -0.3 is 10.5 Å². The molecule has 0 spiro atoms. The van der Waals surface area contributed by atoms with Crippen LogP contribution in [0, 0.1) is 6.92 Å². The number of ether oxygens (including phenoxy) is 1. The Morgan fingerprint density at radius 1 is 1.50 bits per heavy atom. The molecule has 18 heavy (non-hydrogen) atoms. The smallest absolute Gasteiger partial charge is 0.136 e. The van der Waals surface area contributed by atoms with Gasteiger partial charge in [0.1, 0.15) is 17.5 Å². The van der Waals surface area contributed by atoms with E-state index in [1.165, 1.54) is 0 Å². The molecule has 0 bridgehead atoms. The number of hydrogen-bond acceptors (Lipinski definition) is 3. The van der Waals surface area contributed by atoms with Crippen LogP contribution in [-0.2, 0) is 13.7 Å². The lowest BCUT2D eigenvalue weighted by Crippen LogP contribution is -1.98. The molecule has 6 heteroatoms. The van der Waals surface area contributed by atoms with Gasteiger partial charge in [-0.25, -0.2) is 0 Å². The van der Waals surface area contributed by atoms with Crippen molar-refractivity contribution < 1.29 is 4.74 Å². The van der Waals surface area contributed by atoms with Gasteiger partial charge >= 0.3 is 0 Å². The van der Waals surface area contributed by atoms with Crippen LogP contribution in [0.4, 0.5) is 5.69 Å². The zero-order valence-electron chi connectivity index (χ0n) is 10.1. The van der Waals surface area contributed by atoms with Gasteiger partial charge in [0, 0.05) is 24.4 Å². The summed E-state index contributed by atoms with van der Waals surface area (Å²) in [5.74, 6) is 0.689. The Hall–Kier alpha value is -1.20. The van der Waals surface area contributed by atoms with Crippen LogP contribution in [0.2, 0.25) is 5.15 Å². The highest BCUT2D eigenvalue weighted by Gasteiger charge is 2.12. The van der Waals surface area contributed by atoms with Crippen LogP contribution >= 0.6 is 27.5 Å². The minimum Gasteiger partial charge on any atom is -0.487 e. The molecule has 2 rings (SSSR count). The lowest BCUT2D eigenvalue weighted by atomic mass is 10.3. The maximum atomic E-state index is 6.14. The normalized spacial score (nSPS) is 10.7. The first kappa shape index (κ1) is 13.2. The second-order valence-electron chi connectivity index (χ2n) is 3.96. The summed E-state index contributed by atoms with van der Waals surface area (Å²) >= 11 is 9.55. The van der Waals surface area contributed by atoms with Gasteiger partial charge in [0.15, 0.2) is 0 Å². The van der Waals surface area contributed by atoms with Gasteiger partial charge in [-0.3, -0.25) is 4.68 Å². The van der Waals surface area contributed by atoms with Crippen molar-refractivity contribution in [3.05, 3.63) is 39.1 Å². The molecule has 0 amide bonds. The topological polar surface area (TPSA) is 53.1 Å². The Balaban J connectivity index is 2.19. The van der Waals surface area contributed by atoms with E-state index in [0.29, 0.717) is 23.2 Å². The van der Waals surface area contributed by atoms with Crippen molar-refractivity contribution in [2.45, 2.75) is 13.5 Å². The second-order valence-corrected chi connectivity index (χ2v) is 5.17. The summed E-state index contributed by atoms with van der Waals surface area (Å²) in [4.78, 5) is 0. The fourth-order valence-corrected chi connectivity index (χ4v) is 2.21. The molecule has 0 saturated carbocycles. The van der Waals surface area contributed by atoms with E-state index < -0.39 is 0 Å². The molecule has 0 aliphatic carbocycles. The molecule has 0 fully saturated rings. The third kappa shape index (κ3) is 2.62. The first-order chi connectivity index (χ1) is 8.49. The standard InChI is InChI=1S/C12H13BrClN3O/c1-7-9(12(14)17(2)16-7)6-18-11-5-8(15)3-4-10(11)13/h3-5H,6,15H2,1-2H3. The number of rotatable bonds is 3. The van der Waals surface area contributed by atoms with Crippen molar-refractivity contribution in [1.29, 1.82) is 0 Å². The van der Waals surface area contributed by atoms with Gasteiger partial charge in [0.2, 0.25) is 0 Å². The highest BCUT2D eigenvalue weighted by Crippen LogP contribution is 2.29. The van der Waals surface area contributed by atoms with Gasteiger partial charge in [-0.1, -0.05) is 11.6 Å². The third-order valence-electron chi connectivity index (χ3n) is 2.60. The molecular formula is C12H13BrClN3O. The van der Waals surface area contributed by atoms with E-state index in [1.54, 1.807) is 23.9 Å². The van der Waals surface area contributed by atoms with Gasteiger partial charge in [-0.05, 0) is 35.0 Å². The van der Waals surface area contributed by atoms with Crippen LogP contribution < -0.4 is 10.5 Å². The summed E-state index contributed by atoms with van der Waals surface area (Å²) in [5, 5.41) is 4.82. The summed E-state index contributed by atoms with van der Waals surface area (Å²) in [6.45, 7) is 2.26. The van der Waals surface area contributed by atoms with Crippen LogP contribution in [0.25, 0.3) is 0 Å². The van der Waals surface area contributed by atoms with Crippen LogP contribution in [0.3, 0.4) is 0 Å². The number of hydrogen-bond donors (Lipinski definition) is 1. The molecule has 1 heterocycles. The molecule has 0 aliphatic rings. The third-order valence-corrected chi connectivity index (χ3v) is 3.73. The van der Waals surface area contributed by atoms with Crippen molar-refractivity contribution in [2.75, 3.05) is 5.73 Å². The van der Waals surface area contributed by atoms with E-state index in [1.807, 2.05) is 13.0 Å². The highest BCUT2D eigenvalue weighted by atomic mass is 79.9. The molecule has 0 saturated heterocycles. The Bertz CT molecular complexity index is 583. The highest BCUT2D eigenvalue weighted by molar-refractivity contribution is 9.10. The van der Waals surface area contributed by atoms with Gasteiger partial charge in [0.05, 0.1) is 10.2 Å². The number of benzene rings is 1. The molecule has 0 unspecified atom stereocenters. The molecule has 1 aromatic heterocycles. The van der Waals surface area contributed by atoms with E-state index in [4.69, 9.17) is 22.1 Å². The maximum Gasteiger partial charge on any atom is 0.136 e. The average molecular weight is 331 g/mol. The van der Waals surface area contributed by atoms with Crippen LogP contribution in [-0.4, -0.2) is 9.78 Å². The van der Waals surface area contributed by atoms with Crippen molar-refractivity contribution >= 4 is 33.2 Å². The Morgan fingerprint density at radius 3 is 2.83 bits per heavy atom. The molecular weight excluding hydrogens is 318 g/mol. The first-order valence-electron chi connectivity index (χ1n) is 5.35. The predicted octanol–water partition coefficient (Wildman–Crippen LogP) is 3.31. The number of anilines is 1. The number of nitrogen functional groups attached to an aromatic ring is 1. The Kier molecular flexibility index (Phi) is 3.82. The molecule has 2 N–H and O–H groups in total. The number of halogens is 2. The van der Waals surface area contributed by atoms with Gasteiger partial charge in [0.25, 0.3) is 0 Å². The fourth-order valence-electron chi connectivity index (χ4n) is 1.62. The summed E-state index contributed by atoms with van der Waals surface area (Å²) in [7, 11) is 1.80. The quantitative estimate of drug-likeness (QED) is 0.879. The predicted molar refractivity (Wildman–Crippen MR) is 75.8 cm³/mol. The summed E-state index contributed by atoms with van der Waals surface area (Å²) in [6, 6.07) is 5.42. The monoisotopic (exact) mass is 329 g/mol. The molecule has 4 nitrogen and oxygen atoms in total. The first-order valence-corrected chi connectivity index (χ1v) is 6.52. The number of nitrogens with zero attached hydrogens (tertiary/aromatic N) is 2. The summed E-state index contributed by atoms with van der Waals surface area (Å²) < 4.78 is 8.20. The Morgan fingerprint density at radius 2 is 2.22 bits per heavy atom. The average Bonchev–Trinajstić information content (AvgIpc) is 2.55. The van der Waals surface area contributed by atoms with Crippen molar-refractivity contribution in [1.82, 2.24) is 9.78 Å². The second kappa shape index (κ2) is 5.20. The van der Waals surface area contributed by atoms with Gasteiger partial charge in [-0.2, -0.15) is 5.10 Å². The SMILES string of the molecule is Cc1nn(C)c(Cl)c1COc1cc(N)ccc1Br. The zero-order chi connectivity index (χ0) is 13.3. The van der Waals surface area contributed by atoms with Crippen molar-refractivity contribution in [2.24, 2.45) is 7.05 Å². The fraction of sp³-hybridized carbons (Fsp3) is 0.250. The maximum absolute atomic E-state index is 6.14. The molecule has 0 atom stereocenters. The van der Waals surface area contributed by atoms with Crippen LogP contribution in [0.15, 0.2) is 22.7 Å². The molecule has 0 aliphatic heterocycles. The minimum atomic E-state index is 0.362. The molecule has 1 aromatic carbocycles. The number of nitrogens with two attached hydrogens (primary N) is 1. The minimum absolute atomic E-state index is 0.362. The van der Waals surface area contributed by atoms with Crippen LogP contribution in [0.5, 0.6) is 5.75 Å². The van der Waals surface area contributed by atoms with E-state index >= 15 is 0 Å². The molecule has 0 radical (unpaired) electrons. The van der Waals surface area contributed by atoms with E-state index in [2.05, 4.69) is 21.0 Å². The number of aromatic nitrogens is 2. The zero-order valence-corrected chi connectivity index (χ0v) is 12.4. The number of aryl methyl sites for hydroxylation is 2. The lowest BCUT2D eigenvalue weighted by Gasteiger charge is -2.08. The molecule has 96 valence electrons. The molecule has 2 aromatic rings. The largest absolute Gasteiger partial charge is 0.487 e. The Labute approximate surface area is 119 Å². The summed E-state index contributed by atoms with van der Waals surface area (Å²) in [6.07, 6.45) is 0. The lowest BCUT2D eigenvalue weighted by molar-refractivity contribution is 0.303. The van der Waals surface area contributed by atoms with E-state index in [0.717, 1.165) is 15.7 Å². The summed E-state index contributed by atoms with van der Waals surface area (Å²) in [5.41, 5.74) is 8.12.